The van der Waals surface area contributed by atoms with Crippen molar-refractivity contribution in [2.75, 3.05) is 0 Å². The molecule has 1 atom stereocenters. The molecule has 2 N–H and O–H groups in total. The Bertz CT molecular complexity index is 1170. The lowest BCUT2D eigenvalue weighted by Gasteiger charge is -2.22. The zero-order valence-electron chi connectivity index (χ0n) is 18.0. The van der Waals surface area contributed by atoms with Gasteiger partial charge in [0.1, 0.15) is 5.76 Å². The number of rotatable bonds is 6. The Morgan fingerprint density at radius 3 is 2.58 bits per heavy atom. The van der Waals surface area contributed by atoms with Crippen molar-refractivity contribution in [3.63, 3.8) is 0 Å². The summed E-state index contributed by atoms with van der Waals surface area (Å²) in [6, 6.07) is 18.0. The van der Waals surface area contributed by atoms with Crippen LogP contribution in [0.5, 0.6) is 0 Å². The summed E-state index contributed by atoms with van der Waals surface area (Å²) >= 11 is 6.28. The molecule has 4 rings (SSSR count). The van der Waals surface area contributed by atoms with Crippen molar-refractivity contribution in [3.8, 4) is 0 Å². The van der Waals surface area contributed by atoms with Crippen molar-refractivity contribution in [3.05, 3.63) is 94.5 Å². The summed E-state index contributed by atoms with van der Waals surface area (Å²) in [7, 11) is 0. The first kappa shape index (κ1) is 21.3. The van der Waals surface area contributed by atoms with Crippen LogP contribution in [0.1, 0.15) is 55.6 Å². The number of carbonyl (C=O) groups excluding carboxylic acids is 1. The van der Waals surface area contributed by atoms with Gasteiger partial charge in [-0.25, -0.2) is 0 Å². The SMILES string of the molecule is CC(C)(C)c1ccc([C@@H](CC(=O)NCc2ccco2)c2c[nH]c3ccc(Cl)cc23)cc1. The molecule has 0 aliphatic carbocycles. The van der Waals surface area contributed by atoms with Crippen molar-refractivity contribution in [2.24, 2.45) is 0 Å². The number of hydrogen-bond acceptors (Lipinski definition) is 2. The standard InChI is InChI=1S/C26H27ClN2O2/c1-26(2,3)18-8-6-17(7-9-18)21(14-25(30)29-15-20-5-4-12-31-20)23-16-28-24-11-10-19(27)13-22(23)24/h4-13,16,21,28H,14-15H2,1-3H3,(H,29,30)/t21-/m1/s1. The minimum Gasteiger partial charge on any atom is -0.467 e. The molecule has 5 heteroatoms. The number of H-pyrrole nitrogens is 1. The third-order valence-electron chi connectivity index (χ3n) is 5.66. The maximum absolute atomic E-state index is 12.9. The van der Waals surface area contributed by atoms with Crippen LogP contribution in [0.15, 0.2) is 71.5 Å². The van der Waals surface area contributed by atoms with Gasteiger partial charge < -0.3 is 14.7 Å². The molecule has 0 bridgehead atoms. The number of fused-ring (bicyclic) bond motifs is 1. The lowest BCUT2D eigenvalue weighted by molar-refractivity contribution is -0.121. The second-order valence-corrected chi connectivity index (χ2v) is 9.36. The van der Waals surface area contributed by atoms with Gasteiger partial charge in [0.05, 0.1) is 12.8 Å². The average Bonchev–Trinajstić information content (AvgIpc) is 3.40. The minimum absolute atomic E-state index is 0.0299. The number of aromatic nitrogens is 1. The molecule has 1 amide bonds. The van der Waals surface area contributed by atoms with Gasteiger partial charge in [-0.15, -0.1) is 0 Å². The van der Waals surface area contributed by atoms with Gasteiger partial charge in [0.2, 0.25) is 5.91 Å². The molecule has 0 aliphatic rings. The first-order valence-corrected chi connectivity index (χ1v) is 10.8. The van der Waals surface area contributed by atoms with Crippen molar-refractivity contribution in [1.29, 1.82) is 0 Å². The van der Waals surface area contributed by atoms with E-state index in [0.29, 0.717) is 18.0 Å². The van der Waals surface area contributed by atoms with Crippen molar-refractivity contribution in [1.82, 2.24) is 10.3 Å². The molecule has 0 spiro atoms. The summed E-state index contributed by atoms with van der Waals surface area (Å²) in [6.07, 6.45) is 3.93. The third-order valence-corrected chi connectivity index (χ3v) is 5.89. The van der Waals surface area contributed by atoms with Crippen molar-refractivity contribution >= 4 is 28.4 Å². The maximum Gasteiger partial charge on any atom is 0.221 e. The molecule has 0 fully saturated rings. The van der Waals surface area contributed by atoms with E-state index in [4.69, 9.17) is 16.0 Å². The summed E-state index contributed by atoms with van der Waals surface area (Å²) in [4.78, 5) is 16.2. The van der Waals surface area contributed by atoms with E-state index in [2.05, 4.69) is 55.3 Å². The number of amides is 1. The Balaban J connectivity index is 1.66. The van der Waals surface area contributed by atoms with Crippen LogP contribution >= 0.6 is 11.6 Å². The fraction of sp³-hybridized carbons (Fsp3) is 0.269. The Morgan fingerprint density at radius 2 is 1.90 bits per heavy atom. The van der Waals surface area contributed by atoms with Gasteiger partial charge in [-0.1, -0.05) is 56.6 Å². The van der Waals surface area contributed by atoms with Crippen LogP contribution in [-0.2, 0) is 16.8 Å². The quantitative estimate of drug-likeness (QED) is 0.361. The smallest absolute Gasteiger partial charge is 0.221 e. The Morgan fingerprint density at radius 1 is 1.13 bits per heavy atom. The van der Waals surface area contributed by atoms with E-state index in [1.54, 1.807) is 6.26 Å². The molecule has 0 saturated heterocycles. The molecule has 2 aromatic heterocycles. The molecular formula is C26H27ClN2O2. The van der Waals surface area contributed by atoms with E-state index in [1.807, 2.05) is 36.5 Å². The minimum atomic E-state index is -0.0992. The number of hydrogen-bond donors (Lipinski definition) is 2. The molecule has 0 aliphatic heterocycles. The second-order valence-electron chi connectivity index (χ2n) is 8.92. The van der Waals surface area contributed by atoms with E-state index in [-0.39, 0.29) is 17.2 Å². The molecule has 4 nitrogen and oxygen atoms in total. The maximum atomic E-state index is 12.9. The monoisotopic (exact) mass is 434 g/mol. The molecule has 0 saturated carbocycles. The number of carbonyl (C=O) groups is 1. The number of aromatic amines is 1. The zero-order chi connectivity index (χ0) is 22.0. The summed E-state index contributed by atoms with van der Waals surface area (Å²) < 4.78 is 5.33. The second kappa shape index (κ2) is 8.64. The van der Waals surface area contributed by atoms with Gasteiger partial charge in [0, 0.05) is 34.5 Å². The van der Waals surface area contributed by atoms with Gasteiger partial charge in [-0.3, -0.25) is 4.79 Å². The average molecular weight is 435 g/mol. The lowest BCUT2D eigenvalue weighted by Crippen LogP contribution is -2.24. The molecule has 2 aromatic carbocycles. The number of furan rings is 1. The first-order chi connectivity index (χ1) is 14.8. The van der Waals surface area contributed by atoms with Crippen LogP contribution in [0.4, 0.5) is 0 Å². The zero-order valence-corrected chi connectivity index (χ0v) is 18.8. The number of halogens is 1. The highest BCUT2D eigenvalue weighted by Gasteiger charge is 2.23. The van der Waals surface area contributed by atoms with Crippen LogP contribution in [0.2, 0.25) is 5.02 Å². The molecule has 4 aromatic rings. The Hall–Kier alpha value is -2.98. The number of benzene rings is 2. The highest BCUT2D eigenvalue weighted by atomic mass is 35.5. The van der Waals surface area contributed by atoms with Crippen molar-refractivity contribution < 1.29 is 9.21 Å². The summed E-state index contributed by atoms with van der Waals surface area (Å²) in [6.45, 7) is 6.97. The molecule has 31 heavy (non-hydrogen) atoms. The van der Waals surface area contributed by atoms with Gasteiger partial charge in [-0.2, -0.15) is 0 Å². The summed E-state index contributed by atoms with van der Waals surface area (Å²) in [5.41, 5.74) is 4.50. The normalized spacial score (nSPS) is 12.8. The topological polar surface area (TPSA) is 58.0 Å². The van der Waals surface area contributed by atoms with E-state index < -0.39 is 0 Å². The fourth-order valence-corrected chi connectivity index (χ4v) is 4.05. The highest BCUT2D eigenvalue weighted by molar-refractivity contribution is 6.31. The lowest BCUT2D eigenvalue weighted by atomic mass is 9.83. The predicted octanol–water partition coefficient (Wildman–Crippen LogP) is 6.55. The van der Waals surface area contributed by atoms with Crippen molar-refractivity contribution in [2.45, 2.75) is 45.1 Å². The molecule has 2 heterocycles. The van der Waals surface area contributed by atoms with Gasteiger partial charge in [0.25, 0.3) is 0 Å². The molecular weight excluding hydrogens is 408 g/mol. The van der Waals surface area contributed by atoms with E-state index in [9.17, 15) is 4.79 Å². The van der Waals surface area contributed by atoms with Gasteiger partial charge >= 0.3 is 0 Å². The molecule has 160 valence electrons. The van der Waals surface area contributed by atoms with Crippen LogP contribution in [0.25, 0.3) is 10.9 Å². The number of nitrogens with one attached hydrogen (secondary N) is 2. The van der Waals surface area contributed by atoms with E-state index in [0.717, 1.165) is 27.8 Å². The van der Waals surface area contributed by atoms with Crippen LogP contribution in [-0.4, -0.2) is 10.9 Å². The molecule has 0 unspecified atom stereocenters. The highest BCUT2D eigenvalue weighted by Crippen LogP contribution is 2.35. The van der Waals surface area contributed by atoms with Gasteiger partial charge in [0.15, 0.2) is 0 Å². The Labute approximate surface area is 187 Å². The first-order valence-electron chi connectivity index (χ1n) is 10.5. The summed E-state index contributed by atoms with van der Waals surface area (Å²) in [5, 5.41) is 4.69. The predicted molar refractivity (Wildman–Crippen MR) is 125 cm³/mol. The third kappa shape index (κ3) is 4.86. The summed E-state index contributed by atoms with van der Waals surface area (Å²) in [5.74, 6) is 0.605. The van der Waals surface area contributed by atoms with E-state index >= 15 is 0 Å². The van der Waals surface area contributed by atoms with Crippen LogP contribution in [0, 0.1) is 0 Å². The largest absolute Gasteiger partial charge is 0.467 e. The molecule has 0 radical (unpaired) electrons. The fourth-order valence-electron chi connectivity index (χ4n) is 3.88. The van der Waals surface area contributed by atoms with Crippen LogP contribution < -0.4 is 5.32 Å². The van der Waals surface area contributed by atoms with E-state index in [1.165, 1.54) is 5.56 Å². The van der Waals surface area contributed by atoms with Crippen LogP contribution in [0.3, 0.4) is 0 Å². The Kier molecular flexibility index (Phi) is 5.92. The van der Waals surface area contributed by atoms with Gasteiger partial charge in [-0.05, 0) is 52.4 Å².